The lowest BCUT2D eigenvalue weighted by Gasteiger charge is -2.36. The van der Waals surface area contributed by atoms with Gasteiger partial charge in [0.25, 0.3) is 0 Å². The average molecular weight is 235 g/mol. The number of nitrogens with zero attached hydrogens (tertiary/aromatic N) is 1. The van der Waals surface area contributed by atoms with Crippen LogP contribution >= 0.6 is 0 Å². The van der Waals surface area contributed by atoms with Crippen LogP contribution in [0.25, 0.3) is 0 Å². The summed E-state index contributed by atoms with van der Waals surface area (Å²) in [4.78, 5) is 0. The highest BCUT2D eigenvalue weighted by Crippen LogP contribution is 2.49. The summed E-state index contributed by atoms with van der Waals surface area (Å²) in [6.45, 7) is 12.3. The zero-order valence-corrected chi connectivity index (χ0v) is 11.9. The minimum Gasteiger partial charge on any atom is -0.312 e. The number of hydrogen-bond acceptors (Lipinski definition) is 2. The summed E-state index contributed by atoms with van der Waals surface area (Å²) in [7, 11) is 0. The van der Waals surface area contributed by atoms with Crippen molar-refractivity contribution in [2.45, 2.75) is 59.0 Å². The largest absolute Gasteiger partial charge is 0.312 e. The van der Waals surface area contributed by atoms with E-state index in [1.165, 1.54) is 16.2 Å². The van der Waals surface area contributed by atoms with Crippen molar-refractivity contribution >= 4 is 0 Å². The molecule has 1 aliphatic rings. The molecule has 1 atom stereocenters. The molecule has 0 saturated carbocycles. The van der Waals surface area contributed by atoms with Crippen LogP contribution in [0.5, 0.6) is 0 Å². The lowest BCUT2D eigenvalue weighted by atomic mass is 9.88. The zero-order chi connectivity index (χ0) is 13.3. The first-order chi connectivity index (χ1) is 7.94. The van der Waals surface area contributed by atoms with Crippen LogP contribution in [0, 0.1) is 0 Å². The molecule has 1 aromatic carbocycles. The van der Waals surface area contributed by atoms with Gasteiger partial charge in [0.15, 0.2) is 0 Å². The summed E-state index contributed by atoms with van der Waals surface area (Å²) in [5, 5.41) is 11.8. The Morgan fingerprint density at radius 3 is 2.00 bits per heavy atom. The SMILES string of the molecule is CC.CCC1(C)c2ccccc2C(C)(C)N1O. The third kappa shape index (κ3) is 1.90. The van der Waals surface area contributed by atoms with Crippen LogP contribution in [0.3, 0.4) is 0 Å². The van der Waals surface area contributed by atoms with E-state index in [2.05, 4.69) is 39.8 Å². The molecule has 0 aromatic heterocycles. The van der Waals surface area contributed by atoms with Gasteiger partial charge in [-0.05, 0) is 38.3 Å². The Bertz CT molecular complexity index is 386. The molecule has 96 valence electrons. The standard InChI is InChI=1S/C13H19NO.C2H6/c1-5-13(4)11-9-7-6-8-10(11)12(2,3)14(13)15;1-2/h6-9,15H,5H2,1-4H3;1-2H3. The van der Waals surface area contributed by atoms with Crippen LogP contribution in [0.4, 0.5) is 0 Å². The Labute approximate surface area is 105 Å². The number of hydroxylamine groups is 2. The van der Waals surface area contributed by atoms with Crippen molar-refractivity contribution in [1.29, 1.82) is 0 Å². The summed E-state index contributed by atoms with van der Waals surface area (Å²) in [6, 6.07) is 8.31. The quantitative estimate of drug-likeness (QED) is 0.785. The molecule has 1 aliphatic heterocycles. The molecule has 0 amide bonds. The van der Waals surface area contributed by atoms with Crippen LogP contribution in [0.2, 0.25) is 0 Å². The predicted octanol–water partition coefficient (Wildman–Crippen LogP) is 4.28. The van der Waals surface area contributed by atoms with E-state index >= 15 is 0 Å². The molecule has 0 saturated heterocycles. The maximum absolute atomic E-state index is 10.3. The van der Waals surface area contributed by atoms with E-state index in [0.29, 0.717) is 0 Å². The summed E-state index contributed by atoms with van der Waals surface area (Å²) in [5.41, 5.74) is 1.94. The van der Waals surface area contributed by atoms with Crippen LogP contribution in [0.1, 0.15) is 59.1 Å². The number of benzene rings is 1. The van der Waals surface area contributed by atoms with Crippen LogP contribution in [-0.2, 0) is 11.1 Å². The normalized spacial score (nSPS) is 26.1. The Morgan fingerprint density at radius 1 is 1.06 bits per heavy atom. The summed E-state index contributed by atoms with van der Waals surface area (Å²) < 4.78 is 0. The van der Waals surface area contributed by atoms with Gasteiger partial charge in [-0.3, -0.25) is 0 Å². The third-order valence-electron chi connectivity index (χ3n) is 3.85. The second-order valence-electron chi connectivity index (χ2n) is 5.04. The van der Waals surface area contributed by atoms with E-state index in [-0.39, 0.29) is 11.1 Å². The van der Waals surface area contributed by atoms with Gasteiger partial charge in [-0.1, -0.05) is 45.0 Å². The van der Waals surface area contributed by atoms with Crippen LogP contribution in [-0.4, -0.2) is 10.3 Å². The van der Waals surface area contributed by atoms with Gasteiger partial charge < -0.3 is 5.21 Å². The Morgan fingerprint density at radius 2 is 1.53 bits per heavy atom. The Hall–Kier alpha value is -0.860. The van der Waals surface area contributed by atoms with Crippen LogP contribution < -0.4 is 0 Å². The molecule has 0 radical (unpaired) electrons. The van der Waals surface area contributed by atoms with E-state index in [9.17, 15) is 5.21 Å². The molecule has 17 heavy (non-hydrogen) atoms. The molecular weight excluding hydrogens is 210 g/mol. The van der Waals surface area contributed by atoms with Gasteiger partial charge in [0.05, 0.1) is 11.1 Å². The first-order valence-electron chi connectivity index (χ1n) is 6.54. The number of hydrogen-bond donors (Lipinski definition) is 1. The van der Waals surface area contributed by atoms with E-state index < -0.39 is 0 Å². The lowest BCUT2D eigenvalue weighted by molar-refractivity contribution is -0.222. The van der Waals surface area contributed by atoms with Gasteiger partial charge in [0.1, 0.15) is 0 Å². The van der Waals surface area contributed by atoms with Crippen molar-refractivity contribution in [2.24, 2.45) is 0 Å². The van der Waals surface area contributed by atoms with Crippen molar-refractivity contribution in [2.75, 3.05) is 0 Å². The molecule has 1 heterocycles. The number of fused-ring (bicyclic) bond motifs is 1. The zero-order valence-electron chi connectivity index (χ0n) is 11.9. The van der Waals surface area contributed by atoms with E-state index in [1.807, 2.05) is 26.0 Å². The molecule has 1 aromatic rings. The molecule has 0 fully saturated rings. The highest BCUT2D eigenvalue weighted by atomic mass is 16.5. The Balaban J connectivity index is 0.000000686. The maximum Gasteiger partial charge on any atom is 0.0691 e. The summed E-state index contributed by atoms with van der Waals surface area (Å²) in [5.74, 6) is 0. The fourth-order valence-electron chi connectivity index (χ4n) is 2.67. The predicted molar refractivity (Wildman–Crippen MR) is 72.1 cm³/mol. The molecule has 0 aliphatic carbocycles. The first kappa shape index (κ1) is 14.2. The molecular formula is C15H25NO. The van der Waals surface area contributed by atoms with Gasteiger partial charge in [-0.15, -0.1) is 0 Å². The van der Waals surface area contributed by atoms with Gasteiger partial charge in [-0.25, -0.2) is 0 Å². The summed E-state index contributed by atoms with van der Waals surface area (Å²) >= 11 is 0. The van der Waals surface area contributed by atoms with Crippen molar-refractivity contribution in [3.63, 3.8) is 0 Å². The van der Waals surface area contributed by atoms with Crippen LogP contribution in [0.15, 0.2) is 24.3 Å². The average Bonchev–Trinajstić information content (AvgIpc) is 2.53. The van der Waals surface area contributed by atoms with Crippen molar-refractivity contribution in [3.8, 4) is 0 Å². The van der Waals surface area contributed by atoms with Gasteiger partial charge in [0, 0.05) is 0 Å². The maximum atomic E-state index is 10.3. The summed E-state index contributed by atoms with van der Waals surface area (Å²) in [6.07, 6.45) is 0.907. The fourth-order valence-corrected chi connectivity index (χ4v) is 2.67. The highest BCUT2D eigenvalue weighted by Gasteiger charge is 2.50. The molecule has 2 rings (SSSR count). The smallest absolute Gasteiger partial charge is 0.0691 e. The van der Waals surface area contributed by atoms with E-state index in [1.54, 1.807) is 0 Å². The third-order valence-corrected chi connectivity index (χ3v) is 3.85. The molecule has 1 unspecified atom stereocenters. The molecule has 1 N–H and O–H groups in total. The molecule has 2 heteroatoms. The van der Waals surface area contributed by atoms with E-state index in [4.69, 9.17) is 0 Å². The van der Waals surface area contributed by atoms with Gasteiger partial charge >= 0.3 is 0 Å². The van der Waals surface area contributed by atoms with Gasteiger partial charge in [-0.2, -0.15) is 5.06 Å². The Kier molecular flexibility index (Phi) is 4.00. The minimum atomic E-state index is -0.290. The molecule has 0 bridgehead atoms. The van der Waals surface area contributed by atoms with Crippen molar-refractivity contribution in [1.82, 2.24) is 5.06 Å². The lowest BCUT2D eigenvalue weighted by Crippen LogP contribution is -2.44. The topological polar surface area (TPSA) is 23.5 Å². The monoisotopic (exact) mass is 235 g/mol. The van der Waals surface area contributed by atoms with Crippen molar-refractivity contribution in [3.05, 3.63) is 35.4 Å². The first-order valence-corrected chi connectivity index (χ1v) is 6.54. The van der Waals surface area contributed by atoms with Gasteiger partial charge in [0.2, 0.25) is 0 Å². The van der Waals surface area contributed by atoms with Crippen molar-refractivity contribution < 1.29 is 5.21 Å². The van der Waals surface area contributed by atoms with E-state index in [0.717, 1.165) is 6.42 Å². The minimum absolute atomic E-state index is 0.250. The number of rotatable bonds is 1. The second-order valence-corrected chi connectivity index (χ2v) is 5.04. The second kappa shape index (κ2) is 4.79. The molecule has 0 spiro atoms. The highest BCUT2D eigenvalue weighted by molar-refractivity contribution is 5.42. The molecule has 2 nitrogen and oxygen atoms in total. The fraction of sp³-hybridized carbons (Fsp3) is 0.600.